The van der Waals surface area contributed by atoms with E-state index in [0.717, 1.165) is 83.1 Å². The predicted octanol–water partition coefficient (Wildman–Crippen LogP) is 13.6. The van der Waals surface area contributed by atoms with E-state index < -0.39 is 0 Å². The molecule has 0 unspecified atom stereocenters. The summed E-state index contributed by atoms with van der Waals surface area (Å²) in [6.07, 6.45) is 0. The number of furan rings is 1. The predicted molar refractivity (Wildman–Crippen MR) is 234 cm³/mol. The molecule has 0 atom stereocenters. The van der Waals surface area contributed by atoms with Crippen LogP contribution in [0.1, 0.15) is 0 Å². The summed E-state index contributed by atoms with van der Waals surface area (Å²) in [6.45, 7) is 0. The minimum Gasteiger partial charge on any atom is -0.456 e. The second-order valence-electron chi connectivity index (χ2n) is 14.6. The summed E-state index contributed by atoms with van der Waals surface area (Å²) >= 11 is 0. The van der Waals surface area contributed by atoms with Crippen LogP contribution < -0.4 is 0 Å². The third-order valence-electron chi connectivity index (χ3n) is 11.4. The molecule has 0 spiro atoms. The molecular weight excluding hydrogens is 697 g/mol. The highest BCUT2D eigenvalue weighted by molar-refractivity contribution is 6.12. The molecule has 0 aliphatic rings. The van der Waals surface area contributed by atoms with Crippen molar-refractivity contribution in [3.05, 3.63) is 194 Å². The van der Waals surface area contributed by atoms with E-state index in [1.807, 2.05) is 12.1 Å². The van der Waals surface area contributed by atoms with Crippen molar-refractivity contribution in [2.45, 2.75) is 0 Å². The van der Waals surface area contributed by atoms with Gasteiger partial charge in [-0.1, -0.05) is 127 Å². The molecule has 5 nitrogen and oxygen atoms in total. The van der Waals surface area contributed by atoms with Gasteiger partial charge in [0.15, 0.2) is 0 Å². The number of benzene rings is 8. The summed E-state index contributed by atoms with van der Waals surface area (Å²) in [5.41, 5.74) is 13.4. The van der Waals surface area contributed by atoms with Gasteiger partial charge in [-0.3, -0.25) is 4.57 Å². The number of para-hydroxylation sites is 3. The van der Waals surface area contributed by atoms with Crippen LogP contribution in [0.4, 0.5) is 0 Å². The average Bonchev–Trinajstić information content (AvgIpc) is 3.94. The lowest BCUT2D eigenvalue weighted by molar-refractivity contribution is 0.669. The van der Waals surface area contributed by atoms with Crippen molar-refractivity contribution >= 4 is 65.6 Å². The molecule has 0 aliphatic carbocycles. The summed E-state index contributed by atoms with van der Waals surface area (Å²) < 4.78 is 11.0. The highest BCUT2D eigenvalue weighted by atomic mass is 16.3. The third kappa shape index (κ3) is 4.96. The molecule has 4 heterocycles. The van der Waals surface area contributed by atoms with Crippen molar-refractivity contribution in [1.82, 2.24) is 19.1 Å². The molecule has 0 amide bonds. The van der Waals surface area contributed by atoms with Gasteiger partial charge in [-0.2, -0.15) is 0 Å². The lowest BCUT2D eigenvalue weighted by Crippen LogP contribution is -2.03. The fraction of sp³-hybridized carbons (Fsp3) is 0. The Morgan fingerprint density at radius 3 is 1.39 bits per heavy atom. The molecule has 8 aromatic carbocycles. The number of rotatable bonds is 5. The topological polar surface area (TPSA) is 48.8 Å². The Kier molecular flexibility index (Phi) is 6.86. The first-order valence-electron chi connectivity index (χ1n) is 19.2. The first kappa shape index (κ1) is 31.6. The van der Waals surface area contributed by atoms with Crippen molar-refractivity contribution in [3.8, 4) is 45.3 Å². The van der Waals surface area contributed by atoms with Crippen molar-refractivity contribution in [2.24, 2.45) is 0 Å². The van der Waals surface area contributed by atoms with Crippen LogP contribution in [0, 0.1) is 0 Å². The summed E-state index contributed by atoms with van der Waals surface area (Å²) in [4.78, 5) is 10.4. The maximum Gasteiger partial charge on any atom is 0.235 e. The summed E-state index contributed by atoms with van der Waals surface area (Å²) in [6, 6.07) is 68.4. The fourth-order valence-electron chi connectivity index (χ4n) is 8.70. The highest BCUT2D eigenvalue weighted by Gasteiger charge is 2.19. The van der Waals surface area contributed by atoms with Crippen LogP contribution in [0.25, 0.3) is 111 Å². The van der Waals surface area contributed by atoms with Crippen LogP contribution in [-0.2, 0) is 0 Å². The molecule has 4 aromatic heterocycles. The quantitative estimate of drug-likeness (QED) is 0.177. The maximum atomic E-state index is 6.43. The van der Waals surface area contributed by atoms with Gasteiger partial charge in [-0.05, 0) is 77.9 Å². The van der Waals surface area contributed by atoms with Crippen LogP contribution in [-0.4, -0.2) is 19.1 Å². The Morgan fingerprint density at radius 2 is 0.772 bits per heavy atom. The van der Waals surface area contributed by atoms with Crippen LogP contribution in [0.15, 0.2) is 199 Å². The zero-order valence-electron chi connectivity index (χ0n) is 30.7. The second kappa shape index (κ2) is 12.4. The summed E-state index contributed by atoms with van der Waals surface area (Å²) in [5.74, 6) is 0.638. The minimum atomic E-state index is 0.638. The van der Waals surface area contributed by atoms with Crippen LogP contribution >= 0.6 is 0 Å². The van der Waals surface area contributed by atoms with Gasteiger partial charge in [0.05, 0.1) is 33.5 Å². The van der Waals surface area contributed by atoms with Crippen LogP contribution in [0.2, 0.25) is 0 Å². The Labute approximate surface area is 327 Å². The van der Waals surface area contributed by atoms with Crippen LogP contribution in [0.5, 0.6) is 0 Å². The van der Waals surface area contributed by atoms with E-state index >= 15 is 0 Å². The number of aromatic nitrogens is 4. The number of hydrogen-bond donors (Lipinski definition) is 0. The highest BCUT2D eigenvalue weighted by Crippen LogP contribution is 2.39. The standard InChI is InChI=1S/C52H32N4O/c1-3-13-33(14-4-1)44-32-45(34-15-5-2-6-16-34)54-52(53-44)56-48-22-12-9-19-40(48)41-29-35(23-26-49(41)56)36-24-27-50-42(30-36)43-31-37(25-28-51(43)57-50)55-46-20-10-7-17-38(46)39-18-8-11-21-47(39)55/h1-32H. The number of nitrogens with zero attached hydrogens (tertiary/aromatic N) is 4. The average molecular weight is 729 g/mol. The second-order valence-corrected chi connectivity index (χ2v) is 14.6. The first-order chi connectivity index (χ1) is 28.2. The Bertz CT molecular complexity index is 3410. The van der Waals surface area contributed by atoms with E-state index in [1.165, 1.54) is 21.8 Å². The van der Waals surface area contributed by atoms with E-state index in [4.69, 9.17) is 14.4 Å². The molecule has 266 valence electrons. The van der Waals surface area contributed by atoms with Crippen molar-refractivity contribution in [2.75, 3.05) is 0 Å². The van der Waals surface area contributed by atoms with E-state index in [2.05, 4.69) is 191 Å². The lowest BCUT2D eigenvalue weighted by Gasteiger charge is -2.12. The number of fused-ring (bicyclic) bond motifs is 9. The molecule has 0 saturated carbocycles. The summed E-state index contributed by atoms with van der Waals surface area (Å²) in [5, 5.41) is 6.97. The van der Waals surface area contributed by atoms with Crippen molar-refractivity contribution < 1.29 is 4.42 Å². The van der Waals surface area contributed by atoms with Gasteiger partial charge in [0, 0.05) is 49.1 Å². The molecule has 5 heteroatoms. The Balaban J connectivity index is 1.02. The van der Waals surface area contributed by atoms with Crippen molar-refractivity contribution in [1.29, 1.82) is 0 Å². The maximum absolute atomic E-state index is 6.43. The molecule has 0 bridgehead atoms. The molecule has 12 aromatic rings. The van der Waals surface area contributed by atoms with Gasteiger partial charge < -0.3 is 8.98 Å². The van der Waals surface area contributed by atoms with Gasteiger partial charge in [-0.25, -0.2) is 9.97 Å². The van der Waals surface area contributed by atoms with Gasteiger partial charge in [0.1, 0.15) is 11.2 Å². The Morgan fingerprint density at radius 1 is 0.316 bits per heavy atom. The normalized spacial score (nSPS) is 11.9. The molecule has 0 saturated heterocycles. The van der Waals surface area contributed by atoms with Gasteiger partial charge in [0.25, 0.3) is 0 Å². The summed E-state index contributed by atoms with van der Waals surface area (Å²) in [7, 11) is 0. The molecule has 0 radical (unpaired) electrons. The lowest BCUT2D eigenvalue weighted by atomic mass is 10.0. The molecule has 0 N–H and O–H groups in total. The first-order valence-corrected chi connectivity index (χ1v) is 19.2. The molecule has 0 aliphatic heterocycles. The van der Waals surface area contributed by atoms with E-state index in [1.54, 1.807) is 0 Å². The zero-order chi connectivity index (χ0) is 37.5. The zero-order valence-corrected chi connectivity index (χ0v) is 30.7. The van der Waals surface area contributed by atoms with Gasteiger partial charge >= 0.3 is 0 Å². The monoisotopic (exact) mass is 728 g/mol. The van der Waals surface area contributed by atoms with Gasteiger partial charge in [-0.15, -0.1) is 0 Å². The van der Waals surface area contributed by atoms with E-state index in [0.29, 0.717) is 5.95 Å². The molecule has 0 fully saturated rings. The SMILES string of the molecule is c1ccc(-c2cc(-c3ccccc3)nc(-n3c4ccccc4c4cc(-c5ccc6oc7ccc(-n8c9ccccc9c9ccccc98)cc7c6c5)ccc43)n2)cc1. The molecule has 12 rings (SSSR count). The fourth-order valence-corrected chi connectivity index (χ4v) is 8.70. The smallest absolute Gasteiger partial charge is 0.235 e. The van der Waals surface area contributed by atoms with E-state index in [9.17, 15) is 0 Å². The molecular formula is C52H32N4O. The van der Waals surface area contributed by atoms with E-state index in [-0.39, 0.29) is 0 Å². The largest absolute Gasteiger partial charge is 0.456 e. The number of hydrogen-bond acceptors (Lipinski definition) is 3. The minimum absolute atomic E-state index is 0.638. The van der Waals surface area contributed by atoms with Gasteiger partial charge in [0.2, 0.25) is 5.95 Å². The van der Waals surface area contributed by atoms with Crippen molar-refractivity contribution in [3.63, 3.8) is 0 Å². The third-order valence-corrected chi connectivity index (χ3v) is 11.4. The molecule has 57 heavy (non-hydrogen) atoms. The Hall–Kier alpha value is -7.76. The van der Waals surface area contributed by atoms with Crippen LogP contribution in [0.3, 0.4) is 0 Å².